The van der Waals surface area contributed by atoms with Crippen LogP contribution < -0.4 is 0 Å². The number of ketones is 1. The van der Waals surface area contributed by atoms with Crippen molar-refractivity contribution in [2.75, 3.05) is 0 Å². The molecule has 0 bridgehead atoms. The van der Waals surface area contributed by atoms with E-state index in [1.807, 2.05) is 0 Å². The molecule has 0 amide bonds. The van der Waals surface area contributed by atoms with Crippen LogP contribution in [0.1, 0.15) is 99.3 Å². The number of Topliss-reactive ketones (excluding diaryl/α,β-unsaturated/α-hetero) is 1. The van der Waals surface area contributed by atoms with E-state index in [0.29, 0.717) is 40.3 Å². The van der Waals surface area contributed by atoms with Crippen molar-refractivity contribution in [2.45, 2.75) is 105 Å². The standard InChI is InChI=1S/C24H40O2.CH4/c1-5-6-15(2)18-7-8-19-22-20(10-12-24(18,19)4)23(3)11-9-17(25)13-16(23)14-21(22)26;/h15-20,22,25H,5-14H2,1-4H3;1H4/t15-,16+,17-,18-,19?,20?,22+,23+,24-;/m1./s1. The molecule has 0 heterocycles. The Morgan fingerprint density at radius 1 is 1.07 bits per heavy atom. The average molecular weight is 377 g/mol. The lowest BCUT2D eigenvalue weighted by atomic mass is 9.44. The Morgan fingerprint density at radius 3 is 2.44 bits per heavy atom. The van der Waals surface area contributed by atoms with E-state index >= 15 is 0 Å². The molecule has 0 spiro atoms. The fraction of sp³-hybridized carbons (Fsp3) is 0.960. The van der Waals surface area contributed by atoms with E-state index in [0.717, 1.165) is 37.5 Å². The quantitative estimate of drug-likeness (QED) is 0.631. The van der Waals surface area contributed by atoms with E-state index in [-0.39, 0.29) is 13.5 Å². The van der Waals surface area contributed by atoms with Gasteiger partial charge in [0.15, 0.2) is 0 Å². The Bertz CT molecular complexity index is 557. The lowest BCUT2D eigenvalue weighted by molar-refractivity contribution is -0.160. The first-order valence-corrected chi connectivity index (χ1v) is 11.5. The van der Waals surface area contributed by atoms with Crippen LogP contribution in [0.2, 0.25) is 0 Å². The van der Waals surface area contributed by atoms with Crippen LogP contribution in [0, 0.1) is 46.3 Å². The van der Waals surface area contributed by atoms with Crippen LogP contribution >= 0.6 is 0 Å². The number of aliphatic hydroxyl groups excluding tert-OH is 1. The number of carbonyl (C=O) groups excluding carboxylic acids is 1. The molecule has 0 saturated heterocycles. The maximum Gasteiger partial charge on any atom is 0.136 e. The van der Waals surface area contributed by atoms with Crippen LogP contribution in [0.4, 0.5) is 0 Å². The molecule has 2 nitrogen and oxygen atoms in total. The van der Waals surface area contributed by atoms with Gasteiger partial charge in [-0.15, -0.1) is 0 Å². The summed E-state index contributed by atoms with van der Waals surface area (Å²) < 4.78 is 0. The van der Waals surface area contributed by atoms with Crippen molar-refractivity contribution in [2.24, 2.45) is 46.3 Å². The predicted molar refractivity (Wildman–Crippen MR) is 112 cm³/mol. The van der Waals surface area contributed by atoms with Gasteiger partial charge >= 0.3 is 0 Å². The summed E-state index contributed by atoms with van der Waals surface area (Å²) in [6.07, 6.45) is 11.4. The van der Waals surface area contributed by atoms with Gasteiger partial charge in [0, 0.05) is 12.3 Å². The number of fused-ring (bicyclic) bond motifs is 5. The molecule has 4 aliphatic carbocycles. The molecule has 0 radical (unpaired) electrons. The first kappa shape index (κ1) is 21.3. The molecule has 156 valence electrons. The second-order valence-corrected chi connectivity index (χ2v) is 11.0. The summed E-state index contributed by atoms with van der Waals surface area (Å²) >= 11 is 0. The molecule has 0 aromatic carbocycles. The minimum atomic E-state index is -0.169. The summed E-state index contributed by atoms with van der Waals surface area (Å²) in [6, 6.07) is 0. The molecule has 4 aliphatic rings. The number of rotatable bonds is 3. The molecule has 9 atom stereocenters. The zero-order valence-corrected chi connectivity index (χ0v) is 17.5. The van der Waals surface area contributed by atoms with Crippen LogP contribution in [0.25, 0.3) is 0 Å². The van der Waals surface area contributed by atoms with Crippen molar-refractivity contribution in [3.05, 3.63) is 0 Å². The first-order valence-electron chi connectivity index (χ1n) is 11.5. The van der Waals surface area contributed by atoms with Crippen molar-refractivity contribution in [1.29, 1.82) is 0 Å². The zero-order chi connectivity index (χ0) is 18.7. The second-order valence-electron chi connectivity index (χ2n) is 11.0. The van der Waals surface area contributed by atoms with Gasteiger partial charge in [-0.3, -0.25) is 4.79 Å². The van der Waals surface area contributed by atoms with E-state index < -0.39 is 0 Å². The van der Waals surface area contributed by atoms with E-state index in [4.69, 9.17) is 0 Å². The molecule has 4 rings (SSSR count). The van der Waals surface area contributed by atoms with Crippen LogP contribution in [-0.2, 0) is 4.79 Å². The molecule has 2 unspecified atom stereocenters. The number of hydrogen-bond donors (Lipinski definition) is 1. The van der Waals surface area contributed by atoms with Crippen molar-refractivity contribution in [1.82, 2.24) is 0 Å². The molecule has 4 saturated carbocycles. The Hall–Kier alpha value is -0.370. The van der Waals surface area contributed by atoms with E-state index in [1.54, 1.807) is 0 Å². The van der Waals surface area contributed by atoms with Crippen LogP contribution in [-0.4, -0.2) is 17.0 Å². The zero-order valence-electron chi connectivity index (χ0n) is 17.5. The highest BCUT2D eigenvalue weighted by atomic mass is 16.3. The fourth-order valence-corrected chi connectivity index (χ4v) is 8.54. The maximum absolute atomic E-state index is 13.3. The molecule has 0 aromatic heterocycles. The second kappa shape index (κ2) is 7.47. The van der Waals surface area contributed by atoms with Crippen LogP contribution in [0.5, 0.6) is 0 Å². The van der Waals surface area contributed by atoms with E-state index in [9.17, 15) is 9.90 Å². The topological polar surface area (TPSA) is 37.3 Å². The average Bonchev–Trinajstić information content (AvgIpc) is 2.94. The molecule has 1 N–H and O–H groups in total. The lowest BCUT2D eigenvalue weighted by Gasteiger charge is -2.60. The lowest BCUT2D eigenvalue weighted by Crippen LogP contribution is -2.57. The molecule has 4 fully saturated rings. The molecule has 0 aliphatic heterocycles. The Labute approximate surface area is 167 Å². The summed E-state index contributed by atoms with van der Waals surface area (Å²) in [7, 11) is 0. The third kappa shape index (κ3) is 3.13. The van der Waals surface area contributed by atoms with Crippen molar-refractivity contribution in [3.8, 4) is 0 Å². The monoisotopic (exact) mass is 376 g/mol. The summed E-state index contributed by atoms with van der Waals surface area (Å²) in [6.45, 7) is 9.80. The molecule has 0 aromatic rings. The third-order valence-electron chi connectivity index (χ3n) is 9.95. The van der Waals surface area contributed by atoms with Gasteiger partial charge < -0.3 is 5.11 Å². The molecule has 2 heteroatoms. The van der Waals surface area contributed by atoms with Gasteiger partial charge in [-0.25, -0.2) is 0 Å². The highest BCUT2D eigenvalue weighted by Gasteiger charge is 2.62. The summed E-state index contributed by atoms with van der Waals surface area (Å²) in [5.41, 5.74) is 0.690. The normalized spacial score (nSPS) is 50.2. The van der Waals surface area contributed by atoms with Crippen molar-refractivity contribution >= 4 is 5.78 Å². The summed E-state index contributed by atoms with van der Waals surface area (Å²) in [5, 5.41) is 10.2. The highest BCUT2D eigenvalue weighted by Crippen LogP contribution is 2.67. The van der Waals surface area contributed by atoms with Gasteiger partial charge in [0.2, 0.25) is 0 Å². The summed E-state index contributed by atoms with van der Waals surface area (Å²) in [5.74, 6) is 4.15. The van der Waals surface area contributed by atoms with Gasteiger partial charge in [0.05, 0.1) is 6.10 Å². The van der Waals surface area contributed by atoms with Crippen LogP contribution in [0.3, 0.4) is 0 Å². The van der Waals surface area contributed by atoms with Crippen LogP contribution in [0.15, 0.2) is 0 Å². The largest absolute Gasteiger partial charge is 0.393 e. The molecule has 27 heavy (non-hydrogen) atoms. The minimum absolute atomic E-state index is 0. The first-order chi connectivity index (χ1) is 12.3. The van der Waals surface area contributed by atoms with Crippen molar-refractivity contribution in [3.63, 3.8) is 0 Å². The molecular formula is C25H44O2. The van der Waals surface area contributed by atoms with E-state index in [2.05, 4.69) is 27.7 Å². The Kier molecular flexibility index (Phi) is 5.90. The Morgan fingerprint density at radius 2 is 1.74 bits per heavy atom. The Balaban J connectivity index is 0.00000210. The number of carbonyl (C=O) groups is 1. The van der Waals surface area contributed by atoms with Gasteiger partial charge in [0.25, 0.3) is 0 Å². The van der Waals surface area contributed by atoms with Gasteiger partial charge in [-0.1, -0.05) is 48.0 Å². The van der Waals surface area contributed by atoms with Gasteiger partial charge in [0.1, 0.15) is 5.78 Å². The predicted octanol–water partition coefficient (Wildman–Crippen LogP) is 6.26. The smallest absolute Gasteiger partial charge is 0.136 e. The van der Waals surface area contributed by atoms with E-state index in [1.165, 1.54) is 38.5 Å². The maximum atomic E-state index is 13.3. The van der Waals surface area contributed by atoms with Crippen molar-refractivity contribution < 1.29 is 9.90 Å². The summed E-state index contributed by atoms with van der Waals surface area (Å²) in [4.78, 5) is 13.3. The van der Waals surface area contributed by atoms with Gasteiger partial charge in [-0.2, -0.15) is 0 Å². The molecular weight excluding hydrogens is 332 g/mol. The highest BCUT2D eigenvalue weighted by molar-refractivity contribution is 5.83. The minimum Gasteiger partial charge on any atom is -0.393 e. The fourth-order valence-electron chi connectivity index (χ4n) is 8.54. The SMILES string of the molecule is C.CCC[C@@H](C)[C@H]1CCC2[C@@H]3C(=O)C[C@@H]4C[C@H](O)CC[C@]4(C)C3CC[C@@]21C. The number of hydrogen-bond acceptors (Lipinski definition) is 2. The van der Waals surface area contributed by atoms with Gasteiger partial charge in [-0.05, 0) is 85.4 Å². The number of aliphatic hydroxyl groups is 1. The third-order valence-corrected chi connectivity index (χ3v) is 9.95.